The number of hydrogen-bond donors (Lipinski definition) is 1. The molecule has 0 radical (unpaired) electrons. The normalized spacial score (nSPS) is 15.4. The van der Waals surface area contributed by atoms with E-state index in [0.717, 1.165) is 12.8 Å². The van der Waals surface area contributed by atoms with Gasteiger partial charge >= 0.3 is 0 Å². The summed E-state index contributed by atoms with van der Waals surface area (Å²) in [6.07, 6.45) is 1.69. The molecule has 1 aliphatic rings. The summed E-state index contributed by atoms with van der Waals surface area (Å²) in [6, 6.07) is 5.81. The van der Waals surface area contributed by atoms with Gasteiger partial charge in [0.15, 0.2) is 0 Å². The molecule has 2 aromatic rings. The van der Waals surface area contributed by atoms with Crippen molar-refractivity contribution in [2.24, 2.45) is 7.05 Å². The fourth-order valence-corrected chi connectivity index (χ4v) is 4.87. The van der Waals surface area contributed by atoms with E-state index >= 15 is 0 Å². The van der Waals surface area contributed by atoms with Gasteiger partial charge in [0, 0.05) is 31.5 Å². The van der Waals surface area contributed by atoms with Crippen LogP contribution in [0.25, 0.3) is 0 Å². The predicted molar refractivity (Wildman–Crippen MR) is 97.2 cm³/mol. The zero-order valence-electron chi connectivity index (χ0n) is 15.0. The fraction of sp³-hybridized carbons (Fsp3) is 0.389. The van der Waals surface area contributed by atoms with Crippen molar-refractivity contribution < 1.29 is 17.6 Å². The number of sulfonamides is 1. The quantitative estimate of drug-likeness (QED) is 0.888. The maximum absolute atomic E-state index is 13.7. The zero-order chi connectivity index (χ0) is 19.1. The van der Waals surface area contributed by atoms with Crippen molar-refractivity contribution in [2.45, 2.75) is 31.6 Å². The summed E-state index contributed by atoms with van der Waals surface area (Å²) in [5.41, 5.74) is 1.51. The molecule has 26 heavy (non-hydrogen) atoms. The first-order valence-corrected chi connectivity index (χ1v) is 9.90. The SMILES string of the molecule is Cc1ccc(NC(=O)c2cc(S(=O)(=O)N3CCCC3)c(C)n2C)cc1F. The number of aryl methyl sites for hydroxylation is 1. The minimum atomic E-state index is -3.62. The van der Waals surface area contributed by atoms with Crippen molar-refractivity contribution in [3.8, 4) is 0 Å². The molecule has 1 N–H and O–H groups in total. The largest absolute Gasteiger partial charge is 0.343 e. The molecule has 0 spiro atoms. The lowest BCUT2D eigenvalue weighted by Gasteiger charge is -2.15. The first kappa shape index (κ1) is 18.6. The van der Waals surface area contributed by atoms with Crippen molar-refractivity contribution in [2.75, 3.05) is 18.4 Å². The minimum absolute atomic E-state index is 0.141. The number of carbonyl (C=O) groups is 1. The molecule has 1 fully saturated rings. The van der Waals surface area contributed by atoms with Crippen molar-refractivity contribution in [3.05, 3.63) is 47.0 Å². The van der Waals surface area contributed by atoms with Gasteiger partial charge in [0.2, 0.25) is 10.0 Å². The summed E-state index contributed by atoms with van der Waals surface area (Å²) in [4.78, 5) is 12.7. The average Bonchev–Trinajstić information content (AvgIpc) is 3.21. The number of aromatic nitrogens is 1. The first-order valence-electron chi connectivity index (χ1n) is 8.46. The second-order valence-corrected chi connectivity index (χ2v) is 8.47. The molecule has 0 atom stereocenters. The monoisotopic (exact) mass is 379 g/mol. The molecule has 3 rings (SSSR count). The lowest BCUT2D eigenvalue weighted by molar-refractivity contribution is 0.101. The Balaban J connectivity index is 1.91. The molecule has 0 bridgehead atoms. The molecule has 1 aliphatic heterocycles. The van der Waals surface area contributed by atoms with Crippen LogP contribution in [0, 0.1) is 19.7 Å². The maximum atomic E-state index is 13.7. The van der Waals surface area contributed by atoms with Gasteiger partial charge in [0.05, 0.1) is 0 Å². The third-order valence-corrected chi connectivity index (χ3v) is 6.85. The molecular formula is C18H22FN3O3S. The summed E-state index contributed by atoms with van der Waals surface area (Å²) in [5.74, 6) is -0.898. The highest BCUT2D eigenvalue weighted by atomic mass is 32.2. The number of carbonyl (C=O) groups excluding carboxylic acids is 1. The Labute approximate surface area is 152 Å². The Kier molecular flexibility index (Phi) is 4.90. The molecular weight excluding hydrogens is 357 g/mol. The standard InChI is InChI=1S/C18H22FN3O3S/c1-12-6-7-14(10-15(12)19)20-18(23)16-11-17(13(2)21(16)3)26(24,25)22-8-4-5-9-22/h6-7,10-11H,4-5,8-9H2,1-3H3,(H,20,23). The second-order valence-electron chi connectivity index (χ2n) is 6.57. The molecule has 0 saturated carbocycles. The number of benzene rings is 1. The Bertz CT molecular complexity index is 960. The van der Waals surface area contributed by atoms with E-state index in [1.54, 1.807) is 37.6 Å². The van der Waals surface area contributed by atoms with Crippen LogP contribution in [0.5, 0.6) is 0 Å². The minimum Gasteiger partial charge on any atom is -0.343 e. The number of nitrogens with one attached hydrogen (secondary N) is 1. The molecule has 0 unspecified atom stereocenters. The van der Waals surface area contributed by atoms with Crippen LogP contribution in [0.4, 0.5) is 10.1 Å². The molecule has 140 valence electrons. The van der Waals surface area contributed by atoms with E-state index in [9.17, 15) is 17.6 Å². The van der Waals surface area contributed by atoms with E-state index in [0.29, 0.717) is 30.0 Å². The lowest BCUT2D eigenvalue weighted by Crippen LogP contribution is -2.28. The van der Waals surface area contributed by atoms with Crippen LogP contribution in [0.1, 0.15) is 34.6 Å². The van der Waals surface area contributed by atoms with Gasteiger partial charge in [0.1, 0.15) is 16.4 Å². The van der Waals surface area contributed by atoms with Crippen molar-refractivity contribution in [1.29, 1.82) is 0 Å². The van der Waals surface area contributed by atoms with E-state index < -0.39 is 21.7 Å². The summed E-state index contributed by atoms with van der Waals surface area (Å²) in [7, 11) is -1.98. The summed E-state index contributed by atoms with van der Waals surface area (Å²) >= 11 is 0. The smallest absolute Gasteiger partial charge is 0.272 e. The number of amides is 1. The Morgan fingerprint density at radius 2 is 1.81 bits per heavy atom. The van der Waals surface area contributed by atoms with Crippen LogP contribution < -0.4 is 5.32 Å². The van der Waals surface area contributed by atoms with Crippen LogP contribution in [0.15, 0.2) is 29.2 Å². The molecule has 2 heterocycles. The molecule has 1 aromatic heterocycles. The lowest BCUT2D eigenvalue weighted by atomic mass is 10.2. The number of halogens is 1. The van der Waals surface area contributed by atoms with E-state index in [4.69, 9.17) is 0 Å². The highest BCUT2D eigenvalue weighted by molar-refractivity contribution is 7.89. The summed E-state index contributed by atoms with van der Waals surface area (Å²) < 4.78 is 42.3. The van der Waals surface area contributed by atoms with Gasteiger partial charge in [-0.05, 0) is 50.5 Å². The van der Waals surface area contributed by atoms with Gasteiger partial charge in [-0.25, -0.2) is 12.8 Å². The molecule has 1 saturated heterocycles. The van der Waals surface area contributed by atoms with Gasteiger partial charge in [0.25, 0.3) is 5.91 Å². The van der Waals surface area contributed by atoms with Gasteiger partial charge < -0.3 is 9.88 Å². The van der Waals surface area contributed by atoms with Crippen LogP contribution >= 0.6 is 0 Å². The summed E-state index contributed by atoms with van der Waals surface area (Å²) in [6.45, 7) is 4.31. The molecule has 1 amide bonds. The van der Waals surface area contributed by atoms with Crippen molar-refractivity contribution >= 4 is 21.6 Å². The van der Waals surface area contributed by atoms with E-state index in [-0.39, 0.29) is 10.6 Å². The number of rotatable bonds is 4. The third kappa shape index (κ3) is 3.26. The zero-order valence-corrected chi connectivity index (χ0v) is 15.9. The third-order valence-electron chi connectivity index (χ3n) is 4.83. The van der Waals surface area contributed by atoms with E-state index in [1.807, 2.05) is 0 Å². The Hall–Kier alpha value is -2.19. The first-order chi connectivity index (χ1) is 12.2. The Morgan fingerprint density at radius 1 is 1.15 bits per heavy atom. The van der Waals surface area contributed by atoms with Crippen LogP contribution in [-0.4, -0.2) is 36.3 Å². The highest BCUT2D eigenvalue weighted by Gasteiger charge is 2.31. The van der Waals surface area contributed by atoms with Crippen LogP contribution in [-0.2, 0) is 17.1 Å². The number of hydrogen-bond acceptors (Lipinski definition) is 3. The van der Waals surface area contributed by atoms with Crippen molar-refractivity contribution in [1.82, 2.24) is 8.87 Å². The maximum Gasteiger partial charge on any atom is 0.272 e. The van der Waals surface area contributed by atoms with Crippen molar-refractivity contribution in [3.63, 3.8) is 0 Å². The van der Waals surface area contributed by atoms with Crippen LogP contribution in [0.3, 0.4) is 0 Å². The second kappa shape index (κ2) is 6.85. The van der Waals surface area contributed by atoms with Gasteiger partial charge in [-0.2, -0.15) is 4.31 Å². The van der Waals surface area contributed by atoms with Gasteiger partial charge in [-0.1, -0.05) is 6.07 Å². The van der Waals surface area contributed by atoms with Gasteiger partial charge in [-0.3, -0.25) is 4.79 Å². The summed E-state index contributed by atoms with van der Waals surface area (Å²) in [5, 5.41) is 2.62. The highest BCUT2D eigenvalue weighted by Crippen LogP contribution is 2.26. The molecule has 0 aliphatic carbocycles. The molecule has 8 heteroatoms. The van der Waals surface area contributed by atoms with Crippen LogP contribution in [0.2, 0.25) is 0 Å². The molecule has 6 nitrogen and oxygen atoms in total. The van der Waals surface area contributed by atoms with Gasteiger partial charge in [-0.15, -0.1) is 0 Å². The van der Waals surface area contributed by atoms with E-state index in [2.05, 4.69) is 5.32 Å². The predicted octanol–water partition coefficient (Wildman–Crippen LogP) is 2.82. The topological polar surface area (TPSA) is 71.4 Å². The molecule has 1 aromatic carbocycles. The number of anilines is 1. The Morgan fingerprint density at radius 3 is 2.42 bits per heavy atom. The van der Waals surface area contributed by atoms with E-state index in [1.165, 1.54) is 16.4 Å². The average molecular weight is 379 g/mol. The fourth-order valence-electron chi connectivity index (χ4n) is 3.08. The number of nitrogens with zero attached hydrogens (tertiary/aromatic N) is 2.